The number of hydrogen-bond donors (Lipinski definition) is 0. The third kappa shape index (κ3) is 5.11. The highest BCUT2D eigenvalue weighted by atomic mass is 32.2. The fraction of sp³-hybridized carbons (Fsp3) is 0.160. The van der Waals surface area contributed by atoms with Gasteiger partial charge in [0.05, 0.1) is 8.07 Å². The van der Waals surface area contributed by atoms with Gasteiger partial charge in [0.15, 0.2) is 8.07 Å². The number of benzene rings is 7. The molecule has 0 amide bonds. The van der Waals surface area contributed by atoms with Gasteiger partial charge < -0.3 is 4.74 Å². The van der Waals surface area contributed by atoms with E-state index >= 15 is 0 Å². The molecule has 2 heterocycles. The van der Waals surface area contributed by atoms with Gasteiger partial charge in [-0.25, -0.2) is 0 Å². The first-order valence-electron chi connectivity index (χ1n) is 19.1. The SMILES string of the molecule is CC1(C)c2ccccc2Oc2c(-c3cccc([Si](c4ccccc4)(c4ccccc4)c4cccc5c4Sc4ccccc4[Si](C)(C)C5(C)C)c3)cccc21. The molecule has 0 saturated heterocycles. The number of rotatable bonds is 5. The van der Waals surface area contributed by atoms with Crippen molar-refractivity contribution in [2.75, 3.05) is 0 Å². The summed E-state index contributed by atoms with van der Waals surface area (Å²) in [5.74, 6) is 1.90. The average molecular weight is 751 g/mol. The lowest BCUT2D eigenvalue weighted by atomic mass is 9.75. The lowest BCUT2D eigenvalue weighted by Gasteiger charge is -2.42. The van der Waals surface area contributed by atoms with Gasteiger partial charge in [0.25, 0.3) is 0 Å². The topological polar surface area (TPSA) is 9.23 Å². The highest BCUT2D eigenvalue weighted by Crippen LogP contribution is 2.51. The highest BCUT2D eigenvalue weighted by molar-refractivity contribution is 8.00. The standard InChI is InChI=1S/C50H46OSSi2/c1-49(2)40-27-13-14-30-43(40)51-47-39(26-18-28-41(47)49)35-20-17-25-38(34-35)54(36-21-9-7-10-22-36,37-23-11-8-12-24-37)46-33-19-29-42-48(46)52-44-31-15-16-32-45(44)53(5,6)50(42,3)4/h7-34H,1-6H3. The second-order valence-electron chi connectivity index (χ2n) is 16.5. The summed E-state index contributed by atoms with van der Waals surface area (Å²) in [6, 6.07) is 63.9. The predicted octanol–water partition coefficient (Wildman–Crippen LogP) is 10.1. The summed E-state index contributed by atoms with van der Waals surface area (Å²) in [6.45, 7) is 14.8. The average Bonchev–Trinajstić information content (AvgIpc) is 3.26. The number of fused-ring (bicyclic) bond motifs is 4. The summed E-state index contributed by atoms with van der Waals surface area (Å²) in [5, 5.41) is 7.14. The molecule has 0 saturated carbocycles. The lowest BCUT2D eigenvalue weighted by molar-refractivity contribution is 0.419. The molecule has 2 aliphatic heterocycles. The molecular weight excluding hydrogens is 705 g/mol. The van der Waals surface area contributed by atoms with Crippen LogP contribution < -0.4 is 30.7 Å². The minimum absolute atomic E-state index is 0.00313. The van der Waals surface area contributed by atoms with Gasteiger partial charge >= 0.3 is 0 Å². The van der Waals surface area contributed by atoms with Crippen LogP contribution in [0.5, 0.6) is 11.5 Å². The van der Waals surface area contributed by atoms with Crippen LogP contribution in [0.2, 0.25) is 13.1 Å². The maximum atomic E-state index is 6.85. The fourth-order valence-corrected chi connectivity index (χ4v) is 19.6. The van der Waals surface area contributed by atoms with Crippen LogP contribution in [-0.2, 0) is 10.5 Å². The fourth-order valence-electron chi connectivity index (χ4n) is 9.25. The highest BCUT2D eigenvalue weighted by Gasteiger charge is 2.50. The Bertz CT molecular complexity index is 2500. The van der Waals surface area contributed by atoms with E-state index in [1.807, 2.05) is 11.8 Å². The van der Waals surface area contributed by atoms with Gasteiger partial charge in [0, 0.05) is 31.9 Å². The van der Waals surface area contributed by atoms with E-state index in [4.69, 9.17) is 4.74 Å². The molecule has 0 bridgehead atoms. The molecule has 2 aliphatic rings. The van der Waals surface area contributed by atoms with Crippen molar-refractivity contribution >= 4 is 53.8 Å². The lowest BCUT2D eigenvalue weighted by Crippen LogP contribution is -2.75. The molecule has 266 valence electrons. The van der Waals surface area contributed by atoms with Crippen molar-refractivity contribution < 1.29 is 4.74 Å². The van der Waals surface area contributed by atoms with E-state index in [0.29, 0.717) is 0 Å². The first kappa shape index (κ1) is 34.9. The van der Waals surface area contributed by atoms with Crippen LogP contribution in [0.15, 0.2) is 180 Å². The Hall–Kier alpha value is -4.88. The van der Waals surface area contributed by atoms with E-state index in [1.165, 1.54) is 52.8 Å². The quantitative estimate of drug-likeness (QED) is 0.128. The van der Waals surface area contributed by atoms with Crippen LogP contribution in [-0.4, -0.2) is 16.1 Å². The normalized spacial score (nSPS) is 16.1. The van der Waals surface area contributed by atoms with Gasteiger partial charge in [-0.2, -0.15) is 0 Å². The molecule has 0 radical (unpaired) electrons. The Balaban J connectivity index is 1.35. The molecule has 0 aliphatic carbocycles. The summed E-state index contributed by atoms with van der Waals surface area (Å²) in [7, 11) is -4.95. The van der Waals surface area contributed by atoms with Crippen molar-refractivity contribution in [3.63, 3.8) is 0 Å². The smallest absolute Gasteiger partial charge is 0.180 e. The molecule has 0 spiro atoms. The van der Waals surface area contributed by atoms with Gasteiger partial charge in [0.2, 0.25) is 0 Å². The summed E-state index contributed by atoms with van der Waals surface area (Å²) >= 11 is 2.01. The van der Waals surface area contributed by atoms with Crippen LogP contribution in [0.4, 0.5) is 0 Å². The zero-order valence-electron chi connectivity index (χ0n) is 32.0. The van der Waals surface area contributed by atoms with Crippen LogP contribution >= 0.6 is 11.8 Å². The van der Waals surface area contributed by atoms with E-state index < -0.39 is 16.1 Å². The van der Waals surface area contributed by atoms with Gasteiger partial charge in [-0.3, -0.25) is 0 Å². The predicted molar refractivity (Wildman–Crippen MR) is 235 cm³/mol. The summed E-state index contributed by atoms with van der Waals surface area (Å²) in [4.78, 5) is 2.83. The van der Waals surface area contributed by atoms with Gasteiger partial charge in [-0.05, 0) is 54.2 Å². The van der Waals surface area contributed by atoms with Crippen molar-refractivity contribution in [3.05, 3.63) is 187 Å². The van der Waals surface area contributed by atoms with Crippen molar-refractivity contribution in [2.45, 2.75) is 61.0 Å². The molecule has 7 aromatic rings. The molecule has 7 aromatic carbocycles. The minimum atomic E-state index is -2.96. The molecular formula is C50H46OSSi2. The van der Waals surface area contributed by atoms with E-state index in [2.05, 4.69) is 211 Å². The number of hydrogen-bond acceptors (Lipinski definition) is 2. The van der Waals surface area contributed by atoms with Crippen molar-refractivity contribution in [1.29, 1.82) is 0 Å². The zero-order chi connectivity index (χ0) is 37.3. The molecule has 0 aromatic heterocycles. The number of para-hydroxylation sites is 2. The first-order chi connectivity index (χ1) is 26.1. The maximum absolute atomic E-state index is 6.85. The van der Waals surface area contributed by atoms with Crippen molar-refractivity contribution in [2.24, 2.45) is 0 Å². The first-order valence-corrected chi connectivity index (χ1v) is 24.9. The number of ether oxygens (including phenoxy) is 1. The van der Waals surface area contributed by atoms with E-state index in [9.17, 15) is 0 Å². The Kier molecular flexibility index (Phi) is 8.31. The molecule has 0 N–H and O–H groups in total. The Morgan fingerprint density at radius 3 is 1.85 bits per heavy atom. The van der Waals surface area contributed by atoms with Gasteiger partial charge in [0.1, 0.15) is 11.5 Å². The summed E-state index contributed by atoms with van der Waals surface area (Å²) in [6.07, 6.45) is 0. The van der Waals surface area contributed by atoms with E-state index in [0.717, 1.165) is 17.1 Å². The monoisotopic (exact) mass is 750 g/mol. The molecule has 0 atom stereocenters. The van der Waals surface area contributed by atoms with Crippen LogP contribution in [0.1, 0.15) is 44.4 Å². The van der Waals surface area contributed by atoms with E-state index in [-0.39, 0.29) is 10.5 Å². The van der Waals surface area contributed by atoms with Crippen LogP contribution in [0.3, 0.4) is 0 Å². The van der Waals surface area contributed by atoms with Crippen LogP contribution in [0, 0.1) is 0 Å². The molecule has 0 unspecified atom stereocenters. The second kappa shape index (κ2) is 12.9. The van der Waals surface area contributed by atoms with Crippen molar-refractivity contribution in [3.8, 4) is 22.6 Å². The van der Waals surface area contributed by atoms with Gasteiger partial charge in [-0.1, -0.05) is 210 Å². The van der Waals surface area contributed by atoms with Crippen molar-refractivity contribution in [1.82, 2.24) is 0 Å². The zero-order valence-corrected chi connectivity index (χ0v) is 34.8. The largest absolute Gasteiger partial charge is 0.456 e. The van der Waals surface area contributed by atoms with Crippen LogP contribution in [0.25, 0.3) is 11.1 Å². The molecule has 0 fully saturated rings. The molecule has 54 heavy (non-hydrogen) atoms. The third-order valence-corrected chi connectivity index (χ3v) is 24.5. The van der Waals surface area contributed by atoms with Gasteiger partial charge in [-0.15, -0.1) is 0 Å². The maximum Gasteiger partial charge on any atom is 0.180 e. The Morgan fingerprint density at radius 1 is 0.537 bits per heavy atom. The Labute approximate surface area is 327 Å². The summed E-state index contributed by atoms with van der Waals surface area (Å²) in [5.41, 5.74) is 6.03. The Morgan fingerprint density at radius 2 is 1.11 bits per heavy atom. The molecule has 9 rings (SSSR count). The minimum Gasteiger partial charge on any atom is -0.456 e. The molecule has 1 nitrogen and oxygen atoms in total. The summed E-state index contributed by atoms with van der Waals surface area (Å²) < 4.78 is 6.85. The second-order valence-corrected chi connectivity index (χ2v) is 26.4. The third-order valence-electron chi connectivity index (χ3n) is 12.9. The molecule has 4 heteroatoms. The van der Waals surface area contributed by atoms with E-state index in [1.54, 1.807) is 5.19 Å².